The molecule has 1 atom stereocenters. The maximum Gasteiger partial charge on any atom is 0.105 e. The van der Waals surface area contributed by atoms with E-state index in [0.717, 1.165) is 17.1 Å². The van der Waals surface area contributed by atoms with Crippen molar-refractivity contribution in [3.63, 3.8) is 0 Å². The molecule has 2 N–H and O–H groups in total. The molecule has 19 heavy (non-hydrogen) atoms. The zero-order chi connectivity index (χ0) is 13.4. The van der Waals surface area contributed by atoms with Crippen LogP contribution >= 0.6 is 0 Å². The first-order valence-electron chi connectivity index (χ1n) is 6.29. The summed E-state index contributed by atoms with van der Waals surface area (Å²) in [5, 5.41) is 1.21. The highest BCUT2D eigenvalue weighted by molar-refractivity contribution is 5.86. The number of nitrogens with zero attached hydrogens (tertiary/aromatic N) is 3. The van der Waals surface area contributed by atoms with Gasteiger partial charge in [0.2, 0.25) is 0 Å². The molecule has 0 aliphatic rings. The largest absolute Gasteiger partial charge is 0.342 e. The quantitative estimate of drug-likeness (QED) is 0.762. The van der Waals surface area contributed by atoms with Gasteiger partial charge >= 0.3 is 0 Å². The van der Waals surface area contributed by atoms with Crippen molar-refractivity contribution in [2.24, 2.45) is 12.8 Å². The van der Waals surface area contributed by atoms with E-state index in [2.05, 4.69) is 32.7 Å². The van der Waals surface area contributed by atoms with Gasteiger partial charge in [0.05, 0.1) is 23.8 Å². The molecule has 1 aromatic carbocycles. The van der Waals surface area contributed by atoms with Crippen LogP contribution in [0.25, 0.3) is 22.3 Å². The second-order valence-electron chi connectivity index (χ2n) is 4.76. The van der Waals surface area contributed by atoms with Gasteiger partial charge in [0, 0.05) is 24.0 Å². The molecule has 0 radical (unpaired) electrons. The van der Waals surface area contributed by atoms with Crippen LogP contribution in [0.4, 0.5) is 0 Å². The Morgan fingerprint density at radius 1 is 1.16 bits per heavy atom. The summed E-state index contributed by atoms with van der Waals surface area (Å²) in [5.74, 6) is 0. The zero-order valence-corrected chi connectivity index (χ0v) is 11.0. The van der Waals surface area contributed by atoms with Crippen molar-refractivity contribution >= 4 is 10.9 Å². The standard InChI is InChI=1S/C15H16N4/c1-10(16)12-8-18-13(9-17-12)15-7-11-5-3-4-6-14(11)19(15)2/h3-10H,16H2,1-2H3/t10-/m0/s1. The van der Waals surface area contributed by atoms with E-state index in [4.69, 9.17) is 5.73 Å². The monoisotopic (exact) mass is 252 g/mol. The average molecular weight is 252 g/mol. The minimum atomic E-state index is -0.0889. The van der Waals surface area contributed by atoms with Crippen molar-refractivity contribution in [1.82, 2.24) is 14.5 Å². The summed E-state index contributed by atoms with van der Waals surface area (Å²) in [4.78, 5) is 8.83. The lowest BCUT2D eigenvalue weighted by Crippen LogP contribution is -2.08. The van der Waals surface area contributed by atoms with E-state index < -0.39 is 0 Å². The Balaban J connectivity index is 2.11. The van der Waals surface area contributed by atoms with E-state index in [9.17, 15) is 0 Å². The molecule has 0 fully saturated rings. The fourth-order valence-corrected chi connectivity index (χ4v) is 2.24. The van der Waals surface area contributed by atoms with Crippen LogP contribution in [0, 0.1) is 0 Å². The Hall–Kier alpha value is -2.20. The van der Waals surface area contributed by atoms with Crippen molar-refractivity contribution in [1.29, 1.82) is 0 Å². The third kappa shape index (κ3) is 2.00. The van der Waals surface area contributed by atoms with Gasteiger partial charge < -0.3 is 10.3 Å². The second-order valence-corrected chi connectivity index (χ2v) is 4.76. The number of nitrogens with two attached hydrogens (primary N) is 1. The highest BCUT2D eigenvalue weighted by Gasteiger charge is 2.09. The summed E-state index contributed by atoms with van der Waals surface area (Å²) >= 11 is 0. The van der Waals surface area contributed by atoms with E-state index in [1.165, 1.54) is 10.9 Å². The maximum atomic E-state index is 5.79. The second kappa shape index (κ2) is 4.48. The zero-order valence-electron chi connectivity index (χ0n) is 11.0. The smallest absolute Gasteiger partial charge is 0.105 e. The molecule has 0 saturated carbocycles. The average Bonchev–Trinajstić information content (AvgIpc) is 2.77. The van der Waals surface area contributed by atoms with Gasteiger partial charge in [-0.3, -0.25) is 9.97 Å². The van der Waals surface area contributed by atoms with Gasteiger partial charge in [-0.05, 0) is 19.1 Å². The van der Waals surface area contributed by atoms with Crippen LogP contribution in [0.5, 0.6) is 0 Å². The molecule has 0 unspecified atom stereocenters. The fraction of sp³-hybridized carbons (Fsp3) is 0.200. The summed E-state index contributed by atoms with van der Waals surface area (Å²) in [6.07, 6.45) is 3.53. The van der Waals surface area contributed by atoms with E-state index in [0.29, 0.717) is 0 Å². The van der Waals surface area contributed by atoms with Crippen molar-refractivity contribution in [2.45, 2.75) is 13.0 Å². The van der Waals surface area contributed by atoms with E-state index in [1.54, 1.807) is 12.4 Å². The third-order valence-corrected chi connectivity index (χ3v) is 3.35. The molecule has 0 aliphatic heterocycles. The van der Waals surface area contributed by atoms with E-state index in [-0.39, 0.29) is 6.04 Å². The lowest BCUT2D eigenvalue weighted by molar-refractivity contribution is 0.772. The Kier molecular flexibility index (Phi) is 2.80. The number of fused-ring (bicyclic) bond motifs is 1. The molecule has 0 spiro atoms. The lowest BCUT2D eigenvalue weighted by atomic mass is 10.2. The molecule has 0 bridgehead atoms. The third-order valence-electron chi connectivity index (χ3n) is 3.35. The van der Waals surface area contributed by atoms with Crippen LogP contribution in [0.2, 0.25) is 0 Å². The first kappa shape index (κ1) is 11.9. The van der Waals surface area contributed by atoms with Gasteiger partial charge in [-0.2, -0.15) is 0 Å². The van der Waals surface area contributed by atoms with Crippen LogP contribution in [-0.2, 0) is 7.05 Å². The highest BCUT2D eigenvalue weighted by Crippen LogP contribution is 2.25. The Morgan fingerprint density at radius 3 is 2.58 bits per heavy atom. The number of para-hydroxylation sites is 1. The van der Waals surface area contributed by atoms with Gasteiger partial charge in [-0.15, -0.1) is 0 Å². The molecular weight excluding hydrogens is 236 g/mol. The van der Waals surface area contributed by atoms with E-state index >= 15 is 0 Å². The summed E-state index contributed by atoms with van der Waals surface area (Å²) < 4.78 is 2.13. The minimum Gasteiger partial charge on any atom is -0.342 e. The number of hydrogen-bond donors (Lipinski definition) is 1. The number of hydrogen-bond acceptors (Lipinski definition) is 3. The predicted octanol–water partition coefficient (Wildman–Crippen LogP) is 2.66. The highest BCUT2D eigenvalue weighted by atomic mass is 15.0. The number of benzene rings is 1. The van der Waals surface area contributed by atoms with Crippen molar-refractivity contribution in [3.05, 3.63) is 48.4 Å². The molecule has 2 heterocycles. The summed E-state index contributed by atoms with van der Waals surface area (Å²) in [7, 11) is 2.04. The van der Waals surface area contributed by atoms with Gasteiger partial charge in [0.1, 0.15) is 5.69 Å². The molecule has 0 amide bonds. The lowest BCUT2D eigenvalue weighted by Gasteiger charge is -2.06. The Labute approximate surface area is 111 Å². The summed E-state index contributed by atoms with van der Waals surface area (Å²) in [6, 6.07) is 10.3. The van der Waals surface area contributed by atoms with Crippen LogP contribution in [0.1, 0.15) is 18.7 Å². The van der Waals surface area contributed by atoms with Gasteiger partial charge in [-0.1, -0.05) is 18.2 Å². The number of aromatic nitrogens is 3. The predicted molar refractivity (Wildman–Crippen MR) is 76.5 cm³/mol. The molecule has 3 aromatic rings. The minimum absolute atomic E-state index is 0.0889. The molecule has 4 nitrogen and oxygen atoms in total. The maximum absolute atomic E-state index is 5.79. The topological polar surface area (TPSA) is 56.7 Å². The van der Waals surface area contributed by atoms with Crippen molar-refractivity contribution in [3.8, 4) is 11.4 Å². The Morgan fingerprint density at radius 2 is 1.95 bits per heavy atom. The van der Waals surface area contributed by atoms with Crippen LogP contribution in [0.15, 0.2) is 42.7 Å². The normalized spacial score (nSPS) is 12.8. The number of aryl methyl sites for hydroxylation is 1. The molecule has 0 saturated heterocycles. The van der Waals surface area contributed by atoms with E-state index in [1.807, 2.05) is 26.1 Å². The van der Waals surface area contributed by atoms with Gasteiger partial charge in [-0.25, -0.2) is 0 Å². The first-order valence-corrected chi connectivity index (χ1v) is 6.29. The number of rotatable bonds is 2. The van der Waals surface area contributed by atoms with Crippen molar-refractivity contribution < 1.29 is 0 Å². The van der Waals surface area contributed by atoms with Gasteiger partial charge in [0.25, 0.3) is 0 Å². The summed E-state index contributed by atoms with van der Waals surface area (Å²) in [6.45, 7) is 1.90. The SMILES string of the molecule is C[C@H](N)c1cnc(-c2cc3ccccc3n2C)cn1. The molecule has 3 rings (SSSR count). The van der Waals surface area contributed by atoms with Gasteiger partial charge in [0.15, 0.2) is 0 Å². The Bertz CT molecular complexity index is 711. The van der Waals surface area contributed by atoms with Crippen molar-refractivity contribution in [2.75, 3.05) is 0 Å². The first-order chi connectivity index (χ1) is 9.16. The summed E-state index contributed by atoms with van der Waals surface area (Å²) in [5.41, 5.74) is 9.71. The molecule has 0 aliphatic carbocycles. The molecule has 4 heteroatoms. The van der Waals surface area contributed by atoms with Crippen LogP contribution in [0.3, 0.4) is 0 Å². The van der Waals surface area contributed by atoms with Crippen LogP contribution in [-0.4, -0.2) is 14.5 Å². The molecule has 96 valence electrons. The molecular formula is C15H16N4. The van der Waals surface area contributed by atoms with Crippen LogP contribution < -0.4 is 5.73 Å². The fourth-order valence-electron chi connectivity index (χ4n) is 2.24. The molecule has 2 aromatic heterocycles.